The smallest absolute Gasteiger partial charge is 0.200 e. The normalized spacial score (nSPS) is 16.9. The van der Waals surface area contributed by atoms with E-state index in [0.29, 0.717) is 0 Å². The van der Waals surface area contributed by atoms with E-state index in [1.165, 1.54) is 12.1 Å². The molecule has 1 atom stereocenters. The predicted octanol–water partition coefficient (Wildman–Crippen LogP) is 1.57. The van der Waals surface area contributed by atoms with Crippen molar-refractivity contribution in [3.63, 3.8) is 0 Å². The van der Waals surface area contributed by atoms with Gasteiger partial charge < -0.3 is 30.3 Å². The Bertz CT molecular complexity index is 782. The van der Waals surface area contributed by atoms with Gasteiger partial charge in [-0.2, -0.15) is 0 Å². The number of hydrogen-bond acceptors (Lipinski definition) is 7. The van der Waals surface area contributed by atoms with Crippen LogP contribution in [0.3, 0.4) is 0 Å². The molecular formula is C15H12O7. The number of benzene rings is 2. The van der Waals surface area contributed by atoms with Gasteiger partial charge in [0.25, 0.3) is 0 Å². The van der Waals surface area contributed by atoms with E-state index in [4.69, 9.17) is 4.74 Å². The Morgan fingerprint density at radius 2 is 1.68 bits per heavy atom. The predicted molar refractivity (Wildman–Crippen MR) is 73.8 cm³/mol. The van der Waals surface area contributed by atoms with E-state index >= 15 is 0 Å². The quantitative estimate of drug-likeness (QED) is 0.506. The first kappa shape index (κ1) is 13.9. The third-order valence-corrected chi connectivity index (χ3v) is 3.57. The number of Topliss-reactive ketones (excluding diaryl/α,β-unsaturated/α-hetero) is 1. The molecule has 1 aliphatic rings. The van der Waals surface area contributed by atoms with Gasteiger partial charge in [0.2, 0.25) is 5.75 Å². The van der Waals surface area contributed by atoms with Crippen molar-refractivity contribution in [2.75, 3.05) is 6.61 Å². The molecule has 7 heteroatoms. The molecule has 0 bridgehead atoms. The molecule has 7 nitrogen and oxygen atoms in total. The van der Waals surface area contributed by atoms with Gasteiger partial charge in [0.1, 0.15) is 29.4 Å². The van der Waals surface area contributed by atoms with Crippen LogP contribution in [0.4, 0.5) is 0 Å². The van der Waals surface area contributed by atoms with Gasteiger partial charge in [-0.25, -0.2) is 0 Å². The summed E-state index contributed by atoms with van der Waals surface area (Å²) >= 11 is 0. The zero-order valence-electron chi connectivity index (χ0n) is 11.1. The highest BCUT2D eigenvalue weighted by Crippen LogP contribution is 2.45. The fourth-order valence-corrected chi connectivity index (χ4v) is 2.47. The lowest BCUT2D eigenvalue weighted by Crippen LogP contribution is -2.26. The zero-order valence-corrected chi connectivity index (χ0v) is 11.1. The molecule has 5 N–H and O–H groups in total. The van der Waals surface area contributed by atoms with Gasteiger partial charge in [-0.3, -0.25) is 4.79 Å². The van der Waals surface area contributed by atoms with Gasteiger partial charge in [0.15, 0.2) is 17.3 Å². The summed E-state index contributed by atoms with van der Waals surface area (Å²) in [5.74, 6) is -4.00. The van der Waals surface area contributed by atoms with Crippen LogP contribution in [0.2, 0.25) is 0 Å². The molecule has 0 spiro atoms. The van der Waals surface area contributed by atoms with Crippen molar-refractivity contribution in [3.05, 3.63) is 35.4 Å². The van der Waals surface area contributed by atoms with Crippen LogP contribution >= 0.6 is 0 Å². The first-order valence-corrected chi connectivity index (χ1v) is 6.37. The number of phenols is 5. The van der Waals surface area contributed by atoms with Gasteiger partial charge in [-0.05, 0) is 6.07 Å². The summed E-state index contributed by atoms with van der Waals surface area (Å²) in [5.41, 5.74) is -0.0422. The van der Waals surface area contributed by atoms with E-state index in [0.717, 1.165) is 12.1 Å². The fourth-order valence-electron chi connectivity index (χ4n) is 2.47. The molecule has 2 aromatic rings. The van der Waals surface area contributed by atoms with Crippen LogP contribution in [-0.2, 0) is 0 Å². The van der Waals surface area contributed by atoms with E-state index in [-0.39, 0.29) is 29.2 Å². The molecule has 0 saturated heterocycles. The summed E-state index contributed by atoms with van der Waals surface area (Å²) in [4.78, 5) is 12.5. The number of carbonyl (C=O) groups is 1. The third-order valence-electron chi connectivity index (χ3n) is 3.57. The molecule has 1 unspecified atom stereocenters. The van der Waals surface area contributed by atoms with Crippen molar-refractivity contribution < 1.29 is 35.1 Å². The average Bonchev–Trinajstić information content (AvgIpc) is 2.45. The molecule has 0 saturated carbocycles. The second-order valence-electron chi connectivity index (χ2n) is 4.94. The van der Waals surface area contributed by atoms with Gasteiger partial charge in [-0.15, -0.1) is 0 Å². The average molecular weight is 304 g/mol. The minimum Gasteiger partial charge on any atom is -0.508 e. The van der Waals surface area contributed by atoms with E-state index < -0.39 is 34.7 Å². The number of hydrogen-bond donors (Lipinski definition) is 5. The molecule has 0 fully saturated rings. The molecule has 22 heavy (non-hydrogen) atoms. The number of carbonyl (C=O) groups excluding carboxylic acids is 1. The fraction of sp³-hybridized carbons (Fsp3) is 0.133. The highest BCUT2D eigenvalue weighted by molar-refractivity contribution is 6.07. The maximum atomic E-state index is 12.5. The number of fused-ring (bicyclic) bond motifs is 1. The standard InChI is InChI=1S/C15H12O7/c16-6-3-10(18)12-11(4-6)22-5-8(13(12)19)7-1-2-9(17)15(21)14(7)20/h1-4,8,16-18,20-21H,5H2. The topological polar surface area (TPSA) is 127 Å². The van der Waals surface area contributed by atoms with Crippen LogP contribution in [0.25, 0.3) is 0 Å². The molecule has 2 aromatic carbocycles. The van der Waals surface area contributed by atoms with Crippen LogP contribution in [0.1, 0.15) is 21.8 Å². The lowest BCUT2D eigenvalue weighted by atomic mass is 9.87. The van der Waals surface area contributed by atoms with Crippen LogP contribution in [-0.4, -0.2) is 37.9 Å². The van der Waals surface area contributed by atoms with E-state index in [1.54, 1.807) is 0 Å². The van der Waals surface area contributed by atoms with Crippen molar-refractivity contribution in [2.45, 2.75) is 5.92 Å². The summed E-state index contributed by atoms with van der Waals surface area (Å²) in [7, 11) is 0. The lowest BCUT2D eigenvalue weighted by molar-refractivity contribution is 0.0889. The molecular weight excluding hydrogens is 292 g/mol. The van der Waals surface area contributed by atoms with Gasteiger partial charge in [-0.1, -0.05) is 6.07 Å². The number of ketones is 1. The lowest BCUT2D eigenvalue weighted by Gasteiger charge is -2.25. The first-order chi connectivity index (χ1) is 10.4. The van der Waals surface area contributed by atoms with E-state index in [1.807, 2.05) is 0 Å². The van der Waals surface area contributed by atoms with Crippen LogP contribution in [0, 0.1) is 0 Å². The van der Waals surface area contributed by atoms with Gasteiger partial charge in [0.05, 0.1) is 5.92 Å². The van der Waals surface area contributed by atoms with Crippen LogP contribution < -0.4 is 4.74 Å². The Kier molecular flexibility index (Phi) is 2.98. The summed E-state index contributed by atoms with van der Waals surface area (Å²) < 4.78 is 5.35. The minimum atomic E-state index is -0.963. The Morgan fingerprint density at radius 3 is 2.41 bits per heavy atom. The largest absolute Gasteiger partial charge is 0.508 e. The van der Waals surface area contributed by atoms with E-state index in [2.05, 4.69) is 0 Å². The maximum absolute atomic E-state index is 12.5. The SMILES string of the molecule is O=C1c2c(O)cc(O)cc2OCC1c1ccc(O)c(O)c1O. The molecule has 3 rings (SSSR count). The molecule has 1 aliphatic heterocycles. The van der Waals surface area contributed by atoms with Crippen molar-refractivity contribution in [3.8, 4) is 34.5 Å². The van der Waals surface area contributed by atoms with Crippen molar-refractivity contribution >= 4 is 5.78 Å². The summed E-state index contributed by atoms with van der Waals surface area (Å²) in [6, 6.07) is 4.65. The maximum Gasteiger partial charge on any atom is 0.200 e. The Morgan fingerprint density at radius 1 is 0.955 bits per heavy atom. The van der Waals surface area contributed by atoms with Gasteiger partial charge >= 0.3 is 0 Å². The molecule has 114 valence electrons. The van der Waals surface area contributed by atoms with Crippen molar-refractivity contribution in [2.24, 2.45) is 0 Å². The molecule has 0 radical (unpaired) electrons. The van der Waals surface area contributed by atoms with Crippen LogP contribution in [0.5, 0.6) is 34.5 Å². The first-order valence-electron chi connectivity index (χ1n) is 6.37. The summed E-state index contributed by atoms with van der Waals surface area (Å²) in [6.07, 6.45) is 0. The van der Waals surface area contributed by atoms with E-state index in [9.17, 15) is 30.3 Å². The number of rotatable bonds is 1. The second kappa shape index (κ2) is 4.73. The molecule has 1 heterocycles. The number of phenolic OH excluding ortho intramolecular Hbond substituents is 5. The number of aromatic hydroxyl groups is 5. The number of ether oxygens (including phenoxy) is 1. The molecule has 0 aromatic heterocycles. The minimum absolute atomic E-state index is 0.0428. The third kappa shape index (κ3) is 1.95. The summed E-state index contributed by atoms with van der Waals surface area (Å²) in [6.45, 7) is -0.146. The zero-order chi connectivity index (χ0) is 16.0. The Hall–Kier alpha value is -3.09. The van der Waals surface area contributed by atoms with Crippen molar-refractivity contribution in [1.29, 1.82) is 0 Å². The monoisotopic (exact) mass is 304 g/mol. The van der Waals surface area contributed by atoms with Crippen LogP contribution in [0.15, 0.2) is 24.3 Å². The Balaban J connectivity index is 2.09. The van der Waals surface area contributed by atoms with Gasteiger partial charge in [0, 0.05) is 17.7 Å². The second-order valence-corrected chi connectivity index (χ2v) is 4.94. The molecule has 0 aliphatic carbocycles. The molecule has 0 amide bonds. The van der Waals surface area contributed by atoms with Crippen molar-refractivity contribution in [1.82, 2.24) is 0 Å². The summed E-state index contributed by atoms with van der Waals surface area (Å²) in [5, 5.41) is 48.0. The highest BCUT2D eigenvalue weighted by atomic mass is 16.5. The highest BCUT2D eigenvalue weighted by Gasteiger charge is 2.35. The Labute approximate surface area is 124 Å².